The maximum atomic E-state index is 11.6. The second kappa shape index (κ2) is 7.87. The van der Waals surface area contributed by atoms with Crippen molar-refractivity contribution in [3.05, 3.63) is 47.2 Å². The summed E-state index contributed by atoms with van der Waals surface area (Å²) in [4.78, 5) is 13.8. The van der Waals surface area contributed by atoms with Crippen molar-refractivity contribution in [3.8, 4) is 0 Å². The van der Waals surface area contributed by atoms with Gasteiger partial charge in [0.15, 0.2) is 0 Å². The molecule has 0 atom stereocenters. The summed E-state index contributed by atoms with van der Waals surface area (Å²) in [7, 11) is 1.63. The predicted molar refractivity (Wildman–Crippen MR) is 87.9 cm³/mol. The lowest BCUT2D eigenvalue weighted by molar-refractivity contribution is 0.0963. The van der Waals surface area contributed by atoms with E-state index >= 15 is 0 Å². The van der Waals surface area contributed by atoms with E-state index in [1.165, 1.54) is 0 Å². The molecule has 0 bridgehead atoms. The Kier molecular flexibility index (Phi) is 5.87. The van der Waals surface area contributed by atoms with Crippen LogP contribution in [-0.2, 0) is 19.5 Å². The van der Waals surface area contributed by atoms with Crippen LogP contribution in [0.25, 0.3) is 0 Å². The van der Waals surface area contributed by atoms with Gasteiger partial charge in [-0.05, 0) is 31.5 Å². The lowest BCUT2D eigenvalue weighted by atomic mass is 10.1. The minimum absolute atomic E-state index is 0.0739. The quantitative estimate of drug-likeness (QED) is 0.849. The Hall–Kier alpha value is -2.21. The Balaban J connectivity index is 2.05. The van der Waals surface area contributed by atoms with Gasteiger partial charge in [0.1, 0.15) is 0 Å². The van der Waals surface area contributed by atoms with Crippen molar-refractivity contribution in [2.45, 2.75) is 46.3 Å². The van der Waals surface area contributed by atoms with Crippen molar-refractivity contribution in [1.82, 2.24) is 20.4 Å². The van der Waals surface area contributed by atoms with Gasteiger partial charge in [0, 0.05) is 31.6 Å². The maximum absolute atomic E-state index is 11.6. The molecule has 1 aromatic carbocycles. The van der Waals surface area contributed by atoms with Crippen LogP contribution in [0.1, 0.15) is 48.5 Å². The van der Waals surface area contributed by atoms with E-state index in [2.05, 4.69) is 34.3 Å². The molecule has 1 aromatic heterocycles. The Morgan fingerprint density at radius 1 is 1.17 bits per heavy atom. The molecule has 1 amide bonds. The van der Waals surface area contributed by atoms with Gasteiger partial charge in [0.25, 0.3) is 5.91 Å². The van der Waals surface area contributed by atoms with E-state index in [0.29, 0.717) is 29.9 Å². The summed E-state index contributed by atoms with van der Waals surface area (Å²) in [6.07, 6.45) is 0.746. The van der Waals surface area contributed by atoms with Crippen LogP contribution >= 0.6 is 0 Å². The van der Waals surface area contributed by atoms with E-state index in [0.717, 1.165) is 18.5 Å². The van der Waals surface area contributed by atoms with E-state index in [1.54, 1.807) is 7.05 Å². The standard InChI is InChI=1S/C17H24N4O2/c1-5-15-19-20-16(23-15)11-21(12(2)3)10-13-6-8-14(9-7-13)17(22)18-4/h6-9,12H,5,10-11H2,1-4H3,(H,18,22). The summed E-state index contributed by atoms with van der Waals surface area (Å²) in [6.45, 7) is 7.63. The zero-order chi connectivity index (χ0) is 16.8. The van der Waals surface area contributed by atoms with Crippen LogP contribution in [0.2, 0.25) is 0 Å². The minimum Gasteiger partial charge on any atom is -0.424 e. The van der Waals surface area contributed by atoms with Gasteiger partial charge < -0.3 is 9.73 Å². The van der Waals surface area contributed by atoms with Gasteiger partial charge in [0.2, 0.25) is 11.8 Å². The number of hydrogen-bond acceptors (Lipinski definition) is 5. The Morgan fingerprint density at radius 3 is 2.35 bits per heavy atom. The van der Waals surface area contributed by atoms with E-state index < -0.39 is 0 Å². The summed E-state index contributed by atoms with van der Waals surface area (Å²) in [5.41, 5.74) is 1.80. The number of hydrogen-bond donors (Lipinski definition) is 1. The monoisotopic (exact) mass is 316 g/mol. The molecular weight excluding hydrogens is 292 g/mol. The molecule has 6 nitrogen and oxygen atoms in total. The molecule has 0 saturated carbocycles. The third kappa shape index (κ3) is 4.63. The first-order valence-corrected chi connectivity index (χ1v) is 7.89. The average Bonchev–Trinajstić information content (AvgIpc) is 3.01. The van der Waals surface area contributed by atoms with Crippen LogP contribution in [0.3, 0.4) is 0 Å². The molecule has 0 aliphatic rings. The first-order chi connectivity index (χ1) is 11.0. The Morgan fingerprint density at radius 2 is 1.83 bits per heavy atom. The van der Waals surface area contributed by atoms with Crippen molar-refractivity contribution in [2.24, 2.45) is 0 Å². The van der Waals surface area contributed by atoms with Crippen molar-refractivity contribution >= 4 is 5.91 Å². The predicted octanol–water partition coefficient (Wildman–Crippen LogP) is 2.40. The molecule has 6 heteroatoms. The van der Waals surface area contributed by atoms with Gasteiger partial charge in [-0.25, -0.2) is 0 Å². The van der Waals surface area contributed by atoms with Crippen LogP contribution < -0.4 is 5.32 Å². The van der Waals surface area contributed by atoms with Gasteiger partial charge in [-0.3, -0.25) is 9.69 Å². The smallest absolute Gasteiger partial charge is 0.251 e. The number of benzene rings is 1. The van der Waals surface area contributed by atoms with Crippen LogP contribution in [0.15, 0.2) is 28.7 Å². The Labute approximate surface area is 136 Å². The van der Waals surface area contributed by atoms with Crippen LogP contribution in [-0.4, -0.2) is 34.1 Å². The van der Waals surface area contributed by atoms with Gasteiger partial charge in [0.05, 0.1) is 6.54 Å². The third-order valence-electron chi connectivity index (χ3n) is 3.71. The highest BCUT2D eigenvalue weighted by Crippen LogP contribution is 2.14. The summed E-state index contributed by atoms with van der Waals surface area (Å²) in [5, 5.41) is 10.7. The van der Waals surface area contributed by atoms with Crippen molar-refractivity contribution in [2.75, 3.05) is 7.05 Å². The second-order valence-corrected chi connectivity index (χ2v) is 5.72. The lowest BCUT2D eigenvalue weighted by Crippen LogP contribution is -2.30. The molecule has 0 aliphatic carbocycles. The number of amides is 1. The van der Waals surface area contributed by atoms with Gasteiger partial charge in [-0.2, -0.15) is 0 Å². The molecule has 2 aromatic rings. The highest BCUT2D eigenvalue weighted by molar-refractivity contribution is 5.93. The number of aromatic nitrogens is 2. The van der Waals surface area contributed by atoms with Gasteiger partial charge in [-0.15, -0.1) is 10.2 Å². The first kappa shape index (κ1) is 17.1. The van der Waals surface area contributed by atoms with Crippen molar-refractivity contribution < 1.29 is 9.21 Å². The lowest BCUT2D eigenvalue weighted by Gasteiger charge is -2.24. The van der Waals surface area contributed by atoms with E-state index in [9.17, 15) is 4.79 Å². The zero-order valence-corrected chi connectivity index (χ0v) is 14.2. The molecule has 0 unspecified atom stereocenters. The molecule has 0 saturated heterocycles. The van der Waals surface area contributed by atoms with Crippen LogP contribution in [0.4, 0.5) is 0 Å². The molecular formula is C17H24N4O2. The van der Waals surface area contributed by atoms with Crippen LogP contribution in [0.5, 0.6) is 0 Å². The highest BCUT2D eigenvalue weighted by atomic mass is 16.4. The summed E-state index contributed by atoms with van der Waals surface area (Å²) < 4.78 is 5.60. The van der Waals surface area contributed by atoms with Crippen molar-refractivity contribution in [1.29, 1.82) is 0 Å². The van der Waals surface area contributed by atoms with E-state index in [-0.39, 0.29) is 5.91 Å². The molecule has 124 valence electrons. The summed E-state index contributed by atoms with van der Waals surface area (Å²) in [5.74, 6) is 1.23. The molecule has 0 spiro atoms. The topological polar surface area (TPSA) is 71.3 Å². The number of aryl methyl sites for hydroxylation is 1. The molecule has 1 heterocycles. The fourth-order valence-corrected chi connectivity index (χ4v) is 2.23. The van der Waals surface area contributed by atoms with Crippen LogP contribution in [0, 0.1) is 0 Å². The Bertz CT molecular complexity index is 634. The normalized spacial score (nSPS) is 11.2. The molecule has 0 fully saturated rings. The number of nitrogens with one attached hydrogen (secondary N) is 1. The average molecular weight is 316 g/mol. The zero-order valence-electron chi connectivity index (χ0n) is 14.2. The molecule has 1 N–H and O–H groups in total. The van der Waals surface area contributed by atoms with Gasteiger partial charge in [-0.1, -0.05) is 19.1 Å². The summed E-state index contributed by atoms with van der Waals surface area (Å²) in [6, 6.07) is 7.98. The van der Waals surface area contributed by atoms with Gasteiger partial charge >= 0.3 is 0 Å². The van der Waals surface area contributed by atoms with E-state index in [1.807, 2.05) is 31.2 Å². The molecule has 2 rings (SSSR count). The largest absolute Gasteiger partial charge is 0.424 e. The number of carbonyl (C=O) groups excluding carboxylic acids is 1. The van der Waals surface area contributed by atoms with E-state index in [4.69, 9.17) is 4.42 Å². The SMILES string of the molecule is CCc1nnc(CN(Cc2ccc(C(=O)NC)cc2)C(C)C)o1. The first-order valence-electron chi connectivity index (χ1n) is 7.89. The summed E-state index contributed by atoms with van der Waals surface area (Å²) >= 11 is 0. The number of rotatable bonds is 7. The molecule has 0 radical (unpaired) electrons. The fourth-order valence-electron chi connectivity index (χ4n) is 2.23. The maximum Gasteiger partial charge on any atom is 0.251 e. The fraction of sp³-hybridized carbons (Fsp3) is 0.471. The number of nitrogens with zero attached hydrogens (tertiary/aromatic N) is 3. The minimum atomic E-state index is -0.0739. The van der Waals surface area contributed by atoms with Crippen molar-refractivity contribution in [3.63, 3.8) is 0 Å². The highest BCUT2D eigenvalue weighted by Gasteiger charge is 2.15. The second-order valence-electron chi connectivity index (χ2n) is 5.72. The molecule has 23 heavy (non-hydrogen) atoms. The molecule has 0 aliphatic heterocycles. The third-order valence-corrected chi connectivity index (χ3v) is 3.71. The number of carbonyl (C=O) groups is 1.